The monoisotopic (exact) mass is 217 g/mol. The highest BCUT2D eigenvalue weighted by molar-refractivity contribution is 6.23. The van der Waals surface area contributed by atoms with E-state index in [4.69, 9.17) is 17.3 Å². The van der Waals surface area contributed by atoms with Gasteiger partial charge in [0.25, 0.3) is 0 Å². The Morgan fingerprint density at radius 2 is 1.50 bits per heavy atom. The predicted octanol–water partition coefficient (Wildman–Crippen LogP) is 3.84. The van der Waals surface area contributed by atoms with Gasteiger partial charge in [-0.05, 0) is 32.6 Å². The molecule has 14 heavy (non-hydrogen) atoms. The van der Waals surface area contributed by atoms with E-state index in [0.717, 1.165) is 6.42 Å². The van der Waals surface area contributed by atoms with Gasteiger partial charge in [0.15, 0.2) is 0 Å². The van der Waals surface area contributed by atoms with Crippen LogP contribution in [0.4, 0.5) is 0 Å². The van der Waals surface area contributed by atoms with E-state index in [2.05, 4.69) is 6.92 Å². The van der Waals surface area contributed by atoms with Crippen molar-refractivity contribution in [3.63, 3.8) is 0 Å². The van der Waals surface area contributed by atoms with Gasteiger partial charge in [-0.2, -0.15) is 0 Å². The summed E-state index contributed by atoms with van der Waals surface area (Å²) in [4.78, 5) is 0.0500. The van der Waals surface area contributed by atoms with Crippen molar-refractivity contribution in [2.24, 2.45) is 5.73 Å². The molecule has 2 unspecified atom stereocenters. The third-order valence-corrected chi connectivity index (χ3v) is 3.67. The number of alkyl halides is 1. The van der Waals surface area contributed by atoms with E-state index in [1.165, 1.54) is 51.4 Å². The first-order valence-electron chi connectivity index (χ1n) is 6.05. The highest BCUT2D eigenvalue weighted by Gasteiger charge is 2.20. The van der Waals surface area contributed by atoms with Gasteiger partial charge in [0, 0.05) is 10.9 Å². The van der Waals surface area contributed by atoms with Gasteiger partial charge in [0.2, 0.25) is 0 Å². The van der Waals surface area contributed by atoms with Crippen molar-refractivity contribution in [2.75, 3.05) is 0 Å². The van der Waals surface area contributed by atoms with Gasteiger partial charge in [-0.3, -0.25) is 0 Å². The fraction of sp³-hybridized carbons (Fsp3) is 1.00. The van der Waals surface area contributed by atoms with Crippen molar-refractivity contribution in [2.45, 2.75) is 75.6 Å². The average molecular weight is 218 g/mol. The summed E-state index contributed by atoms with van der Waals surface area (Å²) in [5, 5.41) is 0. The fourth-order valence-corrected chi connectivity index (χ4v) is 2.51. The van der Waals surface area contributed by atoms with Crippen LogP contribution in [0.5, 0.6) is 0 Å². The Balaban J connectivity index is 2.34. The molecule has 0 aromatic heterocycles. The van der Waals surface area contributed by atoms with Crippen LogP contribution in [0, 0.1) is 0 Å². The molecule has 1 aliphatic rings. The molecule has 0 aromatic rings. The molecule has 0 heterocycles. The molecular formula is C12H24ClN. The second-order valence-corrected chi connectivity index (χ2v) is 5.93. The molecular weight excluding hydrogens is 194 g/mol. The first kappa shape index (κ1) is 12.3. The summed E-state index contributed by atoms with van der Waals surface area (Å²) in [6.07, 6.45) is 11.1. The molecule has 1 rings (SSSR count). The summed E-state index contributed by atoms with van der Waals surface area (Å²) in [5.41, 5.74) is 6.01. The van der Waals surface area contributed by atoms with E-state index < -0.39 is 0 Å². The molecule has 2 atom stereocenters. The lowest BCUT2D eigenvalue weighted by Gasteiger charge is -2.21. The van der Waals surface area contributed by atoms with Gasteiger partial charge in [0.1, 0.15) is 0 Å². The zero-order chi connectivity index (χ0) is 10.4. The molecule has 1 saturated carbocycles. The topological polar surface area (TPSA) is 26.0 Å². The number of nitrogens with two attached hydrogens (primary N) is 1. The van der Waals surface area contributed by atoms with E-state index in [1.54, 1.807) is 0 Å². The van der Waals surface area contributed by atoms with Gasteiger partial charge in [-0.25, -0.2) is 0 Å². The molecule has 1 nitrogen and oxygen atoms in total. The maximum Gasteiger partial charge on any atom is 0.0418 e. The second-order valence-electron chi connectivity index (χ2n) is 5.02. The van der Waals surface area contributed by atoms with Crippen LogP contribution in [0.15, 0.2) is 0 Å². The molecule has 0 spiro atoms. The smallest absolute Gasteiger partial charge is 0.0418 e. The van der Waals surface area contributed by atoms with Gasteiger partial charge < -0.3 is 5.73 Å². The molecule has 84 valence electrons. The Labute approximate surface area is 93.4 Å². The molecule has 0 bridgehead atoms. The fourth-order valence-electron chi connectivity index (χ4n) is 2.25. The van der Waals surface area contributed by atoms with Crippen LogP contribution in [-0.2, 0) is 0 Å². The number of hydrogen-bond donors (Lipinski definition) is 1. The zero-order valence-electron chi connectivity index (χ0n) is 9.40. The van der Waals surface area contributed by atoms with Crippen LogP contribution in [0.1, 0.15) is 64.7 Å². The van der Waals surface area contributed by atoms with E-state index in [1.807, 2.05) is 0 Å². The zero-order valence-corrected chi connectivity index (χ0v) is 10.2. The summed E-state index contributed by atoms with van der Waals surface area (Å²) in [5.74, 6) is 0. The Kier molecular flexibility index (Phi) is 5.25. The second kappa shape index (κ2) is 5.97. The largest absolute Gasteiger partial charge is 0.328 e. The highest BCUT2D eigenvalue weighted by atomic mass is 35.5. The molecule has 0 aromatic carbocycles. The van der Waals surface area contributed by atoms with Crippen LogP contribution < -0.4 is 5.73 Å². The minimum Gasteiger partial charge on any atom is -0.328 e. The predicted molar refractivity (Wildman–Crippen MR) is 63.8 cm³/mol. The summed E-state index contributed by atoms with van der Waals surface area (Å²) >= 11 is 6.43. The van der Waals surface area contributed by atoms with Crippen molar-refractivity contribution >= 4 is 11.6 Å². The van der Waals surface area contributed by atoms with Crippen LogP contribution in [0.25, 0.3) is 0 Å². The van der Waals surface area contributed by atoms with Gasteiger partial charge in [-0.15, -0.1) is 11.6 Å². The molecule has 0 radical (unpaired) electrons. The third-order valence-electron chi connectivity index (χ3n) is 3.30. The lowest BCUT2D eigenvalue weighted by molar-refractivity contribution is 0.477. The minimum atomic E-state index is 0.0500. The third kappa shape index (κ3) is 5.21. The van der Waals surface area contributed by atoms with Crippen LogP contribution in [0.2, 0.25) is 0 Å². The Bertz CT molecular complexity index is 156. The summed E-state index contributed by atoms with van der Waals surface area (Å²) < 4.78 is 0. The molecule has 0 aliphatic heterocycles. The van der Waals surface area contributed by atoms with Crippen molar-refractivity contribution in [1.82, 2.24) is 0 Å². The SMILES string of the molecule is CC1(Cl)CCCCCC(N)CCCC1. The van der Waals surface area contributed by atoms with Crippen LogP contribution in [-0.4, -0.2) is 10.9 Å². The number of halogens is 1. The molecule has 2 heteroatoms. The average Bonchev–Trinajstić information content (AvgIpc) is 2.13. The molecule has 2 N–H and O–H groups in total. The van der Waals surface area contributed by atoms with Crippen LogP contribution >= 0.6 is 11.6 Å². The Hall–Kier alpha value is 0.250. The maximum absolute atomic E-state index is 6.43. The maximum atomic E-state index is 6.43. The number of rotatable bonds is 0. The summed E-state index contributed by atoms with van der Waals surface area (Å²) in [6.45, 7) is 2.19. The van der Waals surface area contributed by atoms with Crippen molar-refractivity contribution in [3.05, 3.63) is 0 Å². The normalized spacial score (nSPS) is 37.5. The van der Waals surface area contributed by atoms with Gasteiger partial charge in [0.05, 0.1) is 0 Å². The minimum absolute atomic E-state index is 0.0500. The van der Waals surface area contributed by atoms with E-state index in [9.17, 15) is 0 Å². The first-order chi connectivity index (χ1) is 6.60. The molecule has 0 saturated heterocycles. The highest BCUT2D eigenvalue weighted by Crippen LogP contribution is 2.29. The Morgan fingerprint density at radius 1 is 1.00 bits per heavy atom. The van der Waals surface area contributed by atoms with E-state index in [-0.39, 0.29) is 4.87 Å². The summed E-state index contributed by atoms with van der Waals surface area (Å²) in [7, 11) is 0. The first-order valence-corrected chi connectivity index (χ1v) is 6.42. The molecule has 0 amide bonds. The standard InChI is InChI=1S/C12H24ClN/c1-12(13)9-5-2-3-7-11(14)8-4-6-10-12/h11H,2-10,14H2,1H3. The van der Waals surface area contributed by atoms with E-state index >= 15 is 0 Å². The van der Waals surface area contributed by atoms with Gasteiger partial charge >= 0.3 is 0 Å². The lowest BCUT2D eigenvalue weighted by atomic mass is 9.96. The molecule has 1 fully saturated rings. The molecule has 1 aliphatic carbocycles. The van der Waals surface area contributed by atoms with Gasteiger partial charge in [-0.1, -0.05) is 32.1 Å². The van der Waals surface area contributed by atoms with Crippen LogP contribution in [0.3, 0.4) is 0 Å². The van der Waals surface area contributed by atoms with Crippen molar-refractivity contribution in [1.29, 1.82) is 0 Å². The van der Waals surface area contributed by atoms with E-state index in [0.29, 0.717) is 6.04 Å². The van der Waals surface area contributed by atoms with Crippen molar-refractivity contribution < 1.29 is 0 Å². The Morgan fingerprint density at radius 3 is 2.14 bits per heavy atom. The lowest BCUT2D eigenvalue weighted by Crippen LogP contribution is -2.19. The quantitative estimate of drug-likeness (QED) is 0.614. The number of hydrogen-bond acceptors (Lipinski definition) is 1. The summed E-state index contributed by atoms with van der Waals surface area (Å²) in [6, 6.07) is 0.440. The van der Waals surface area contributed by atoms with Crippen molar-refractivity contribution in [3.8, 4) is 0 Å².